The van der Waals surface area contributed by atoms with Gasteiger partial charge >= 0.3 is 0 Å². The Balaban J connectivity index is 0.00000274. The van der Waals surface area contributed by atoms with Crippen LogP contribution in [0.15, 0.2) is 47.7 Å². The molecule has 2 bridgehead atoms. The van der Waals surface area contributed by atoms with Gasteiger partial charge < -0.3 is 15.2 Å². The van der Waals surface area contributed by atoms with Gasteiger partial charge in [-0.2, -0.15) is 0 Å². The molecule has 4 unspecified atom stereocenters. The third-order valence-electron chi connectivity index (χ3n) is 7.11. The number of para-hydroxylation sites is 2. The first kappa shape index (κ1) is 24.7. The smallest absolute Gasteiger partial charge is 0.233 e. The molecule has 8 nitrogen and oxygen atoms in total. The number of imidazole rings is 1. The molecular formula is C25H33IN6O2. The Labute approximate surface area is 217 Å². The predicted octanol–water partition coefficient (Wildman–Crippen LogP) is 2.80. The average Bonchev–Trinajstić information content (AvgIpc) is 3.59. The van der Waals surface area contributed by atoms with Crippen LogP contribution in [0.3, 0.4) is 0 Å². The van der Waals surface area contributed by atoms with Gasteiger partial charge in [-0.15, -0.1) is 24.0 Å². The number of benzene rings is 1. The highest BCUT2D eigenvalue weighted by Gasteiger charge is 2.58. The van der Waals surface area contributed by atoms with Crippen molar-refractivity contribution in [3.8, 4) is 0 Å². The Morgan fingerprint density at radius 2 is 1.79 bits per heavy atom. The lowest BCUT2D eigenvalue weighted by atomic mass is 9.85. The van der Waals surface area contributed by atoms with Crippen LogP contribution >= 0.6 is 24.0 Å². The fourth-order valence-corrected chi connectivity index (χ4v) is 5.59. The number of aliphatic imine (C=N–C) groups is 1. The number of hydrogen-bond acceptors (Lipinski definition) is 4. The molecule has 4 atom stereocenters. The molecule has 1 saturated carbocycles. The number of likely N-dealkylation sites (tertiary alicyclic amines) is 1. The van der Waals surface area contributed by atoms with E-state index in [1.54, 1.807) is 0 Å². The van der Waals surface area contributed by atoms with Crippen molar-refractivity contribution in [3.05, 3.63) is 42.7 Å². The molecule has 1 aliphatic heterocycles. The summed E-state index contributed by atoms with van der Waals surface area (Å²) in [6.45, 7) is 5.52. The fourth-order valence-electron chi connectivity index (χ4n) is 5.59. The molecule has 1 saturated heterocycles. The van der Waals surface area contributed by atoms with Crippen molar-refractivity contribution in [2.24, 2.45) is 28.7 Å². The largest absolute Gasteiger partial charge is 0.357 e. The number of fused-ring (bicyclic) bond motifs is 6. The predicted molar refractivity (Wildman–Crippen MR) is 143 cm³/mol. The van der Waals surface area contributed by atoms with Crippen molar-refractivity contribution in [2.75, 3.05) is 26.2 Å². The molecule has 2 aliphatic carbocycles. The van der Waals surface area contributed by atoms with Crippen molar-refractivity contribution in [1.82, 2.24) is 25.1 Å². The first-order chi connectivity index (χ1) is 16.2. The molecule has 2 amide bonds. The van der Waals surface area contributed by atoms with Crippen molar-refractivity contribution < 1.29 is 9.59 Å². The number of guanidine groups is 1. The zero-order valence-electron chi connectivity index (χ0n) is 19.5. The van der Waals surface area contributed by atoms with Crippen LogP contribution in [0, 0.1) is 23.7 Å². The number of allylic oxidation sites excluding steroid dienone is 2. The molecule has 182 valence electrons. The molecule has 2 heterocycles. The van der Waals surface area contributed by atoms with E-state index in [1.165, 1.54) is 4.90 Å². The van der Waals surface area contributed by atoms with E-state index in [0.717, 1.165) is 49.5 Å². The zero-order chi connectivity index (χ0) is 22.8. The highest BCUT2D eigenvalue weighted by atomic mass is 127. The monoisotopic (exact) mass is 576 g/mol. The summed E-state index contributed by atoms with van der Waals surface area (Å²) in [5.41, 5.74) is 2.17. The lowest BCUT2D eigenvalue weighted by Gasteiger charge is -2.17. The summed E-state index contributed by atoms with van der Waals surface area (Å²) in [4.78, 5) is 36.1. The normalized spacial score (nSPS) is 25.2. The minimum atomic E-state index is -0.109. The average molecular weight is 576 g/mol. The molecule has 1 aromatic carbocycles. The Kier molecular flexibility index (Phi) is 7.90. The van der Waals surface area contributed by atoms with Crippen LogP contribution in [0.1, 0.15) is 26.2 Å². The van der Waals surface area contributed by atoms with Crippen LogP contribution < -0.4 is 10.6 Å². The number of amides is 2. The third-order valence-corrected chi connectivity index (χ3v) is 7.11. The molecule has 2 N–H and O–H groups in total. The van der Waals surface area contributed by atoms with Gasteiger partial charge in [0.15, 0.2) is 5.96 Å². The van der Waals surface area contributed by atoms with Gasteiger partial charge in [0.2, 0.25) is 11.8 Å². The topological polar surface area (TPSA) is 91.6 Å². The number of nitrogens with zero attached hydrogens (tertiary/aromatic N) is 4. The van der Waals surface area contributed by atoms with E-state index in [2.05, 4.69) is 43.4 Å². The number of rotatable bonds is 9. The van der Waals surface area contributed by atoms with E-state index in [-0.39, 0.29) is 59.5 Å². The first-order valence-electron chi connectivity index (χ1n) is 12.1. The molecule has 5 rings (SSSR count). The fraction of sp³-hybridized carbons (Fsp3) is 0.520. The van der Waals surface area contributed by atoms with Crippen LogP contribution in [0.5, 0.6) is 0 Å². The van der Waals surface area contributed by atoms with E-state index in [9.17, 15) is 9.59 Å². The Morgan fingerprint density at radius 3 is 2.53 bits per heavy atom. The van der Waals surface area contributed by atoms with Gasteiger partial charge in [0.25, 0.3) is 0 Å². The van der Waals surface area contributed by atoms with E-state index in [0.29, 0.717) is 19.5 Å². The Bertz CT molecular complexity index is 1070. The minimum absolute atomic E-state index is 0. The molecule has 3 aliphatic rings. The Hall–Kier alpha value is -2.43. The highest BCUT2D eigenvalue weighted by Crippen LogP contribution is 2.52. The highest BCUT2D eigenvalue weighted by molar-refractivity contribution is 14.0. The molecular weight excluding hydrogens is 543 g/mol. The minimum Gasteiger partial charge on any atom is -0.357 e. The molecule has 1 aromatic heterocycles. The number of aromatic nitrogens is 2. The third kappa shape index (κ3) is 4.71. The van der Waals surface area contributed by atoms with E-state index < -0.39 is 0 Å². The number of carbonyl (C=O) groups is 2. The summed E-state index contributed by atoms with van der Waals surface area (Å²) in [5, 5.41) is 6.65. The second kappa shape index (κ2) is 10.9. The van der Waals surface area contributed by atoms with Crippen LogP contribution in [0.2, 0.25) is 0 Å². The van der Waals surface area contributed by atoms with Crippen molar-refractivity contribution in [2.45, 2.75) is 32.7 Å². The van der Waals surface area contributed by atoms with E-state index >= 15 is 0 Å². The standard InChI is InChI=1S/C25H32N6O2.HI/c1-2-26-25(27-11-5-13-30-16-29-19-7-3-4-8-20(19)30)28-12-6-14-31-23(32)21-17-9-10-18(15-17)22(21)24(31)33;/h3-4,7-10,16-18,21-22H,2,5-6,11-15H2,1H3,(H2,26,27,28);1H. The number of nitrogens with one attached hydrogen (secondary N) is 2. The maximum Gasteiger partial charge on any atom is 0.233 e. The van der Waals surface area contributed by atoms with Gasteiger partial charge in [0, 0.05) is 32.7 Å². The maximum absolute atomic E-state index is 12.8. The summed E-state index contributed by atoms with van der Waals surface area (Å²) in [6, 6.07) is 8.15. The van der Waals surface area contributed by atoms with E-state index in [1.807, 2.05) is 31.5 Å². The second-order valence-corrected chi connectivity index (χ2v) is 9.15. The molecule has 0 radical (unpaired) electrons. The molecule has 0 spiro atoms. The van der Waals surface area contributed by atoms with Crippen molar-refractivity contribution in [1.29, 1.82) is 0 Å². The van der Waals surface area contributed by atoms with Gasteiger partial charge in [-0.05, 0) is 50.2 Å². The second-order valence-electron chi connectivity index (χ2n) is 9.15. The van der Waals surface area contributed by atoms with Gasteiger partial charge in [-0.3, -0.25) is 19.5 Å². The lowest BCUT2D eigenvalue weighted by molar-refractivity contribution is -0.140. The van der Waals surface area contributed by atoms with Gasteiger partial charge in [-0.25, -0.2) is 4.98 Å². The van der Waals surface area contributed by atoms with Crippen LogP contribution in [0.25, 0.3) is 11.0 Å². The van der Waals surface area contributed by atoms with Gasteiger partial charge in [0.05, 0.1) is 29.2 Å². The van der Waals surface area contributed by atoms with Gasteiger partial charge in [-0.1, -0.05) is 24.3 Å². The lowest BCUT2D eigenvalue weighted by Crippen LogP contribution is -2.38. The summed E-state index contributed by atoms with van der Waals surface area (Å²) in [5.74, 6) is 1.15. The van der Waals surface area contributed by atoms with Crippen LogP contribution in [-0.2, 0) is 16.1 Å². The number of imide groups is 1. The first-order valence-corrected chi connectivity index (χ1v) is 12.1. The summed E-state index contributed by atoms with van der Waals surface area (Å²) >= 11 is 0. The number of hydrogen-bond donors (Lipinski definition) is 2. The molecule has 9 heteroatoms. The summed E-state index contributed by atoms with van der Waals surface area (Å²) < 4.78 is 2.17. The maximum atomic E-state index is 12.8. The molecule has 34 heavy (non-hydrogen) atoms. The van der Waals surface area contributed by atoms with Crippen LogP contribution in [-0.4, -0.2) is 58.4 Å². The number of halogens is 1. The van der Waals surface area contributed by atoms with Crippen molar-refractivity contribution in [3.63, 3.8) is 0 Å². The number of carbonyl (C=O) groups excluding carboxylic acids is 2. The molecule has 2 aromatic rings. The quantitative estimate of drug-likeness (QED) is 0.120. The summed E-state index contributed by atoms with van der Waals surface area (Å²) in [6.07, 6.45) is 8.75. The van der Waals surface area contributed by atoms with E-state index in [4.69, 9.17) is 0 Å². The van der Waals surface area contributed by atoms with Crippen molar-refractivity contribution >= 4 is 52.8 Å². The Morgan fingerprint density at radius 1 is 1.06 bits per heavy atom. The zero-order valence-corrected chi connectivity index (χ0v) is 21.9. The number of aryl methyl sites for hydroxylation is 1. The SMILES string of the molecule is CCNC(=NCCCN1C(=O)C2C3C=CC(C3)C2C1=O)NCCCn1cnc2ccccc21.I. The summed E-state index contributed by atoms with van der Waals surface area (Å²) in [7, 11) is 0. The molecule has 2 fully saturated rings. The van der Waals surface area contributed by atoms with Gasteiger partial charge in [0.1, 0.15) is 0 Å². The van der Waals surface area contributed by atoms with Crippen LogP contribution in [0.4, 0.5) is 0 Å².